The molecule has 0 aliphatic carbocycles. The van der Waals surface area contributed by atoms with Crippen LogP contribution in [0.2, 0.25) is 0 Å². The van der Waals surface area contributed by atoms with Crippen LogP contribution in [0, 0.1) is 12.1 Å². The minimum Gasteiger partial charge on any atom is -0.464 e. The fraction of sp³-hybridized carbons (Fsp3) is 0.257. The predicted octanol–water partition coefficient (Wildman–Crippen LogP) is 8.05. The molecular formula is C35H34IrN4O-2. The fourth-order valence-corrected chi connectivity index (χ4v) is 5.82. The van der Waals surface area contributed by atoms with Crippen LogP contribution in [0.3, 0.4) is 0 Å². The van der Waals surface area contributed by atoms with Gasteiger partial charge in [0.2, 0.25) is 0 Å². The molecule has 0 saturated carbocycles. The molecule has 1 radical (unpaired) electrons. The molecule has 211 valence electrons. The van der Waals surface area contributed by atoms with Crippen molar-refractivity contribution >= 4 is 11.5 Å². The fourth-order valence-electron chi connectivity index (χ4n) is 5.82. The minimum atomic E-state index is -0.436. The van der Waals surface area contributed by atoms with Gasteiger partial charge in [-0.2, -0.15) is 53.6 Å². The van der Waals surface area contributed by atoms with Gasteiger partial charge in [-0.1, -0.05) is 63.7 Å². The number of rotatable bonds is 2. The molecule has 0 N–H and O–H groups in total. The third kappa shape index (κ3) is 4.69. The summed E-state index contributed by atoms with van der Waals surface area (Å²) >= 11 is 0. The van der Waals surface area contributed by atoms with E-state index >= 15 is 0 Å². The summed E-state index contributed by atoms with van der Waals surface area (Å²) in [7, 11) is 0. The molecule has 0 amide bonds. The number of hydrogen-bond donors (Lipinski definition) is 0. The van der Waals surface area contributed by atoms with Crippen LogP contribution in [-0.2, 0) is 30.9 Å². The number of aromatic nitrogens is 3. The zero-order chi connectivity index (χ0) is 28.1. The normalized spacial score (nSPS) is 16.6. The summed E-state index contributed by atoms with van der Waals surface area (Å²) in [6, 6.07) is 35.1. The van der Waals surface area contributed by atoms with Crippen LogP contribution >= 0.6 is 0 Å². The molecule has 0 fully saturated rings. The molecular weight excluding hydrogens is 685 g/mol. The summed E-state index contributed by atoms with van der Waals surface area (Å²) in [5.41, 5.74) is 6.57. The van der Waals surface area contributed by atoms with Crippen molar-refractivity contribution in [1.82, 2.24) is 14.8 Å². The molecule has 5 nitrogen and oxygen atoms in total. The van der Waals surface area contributed by atoms with Crippen LogP contribution in [0.5, 0.6) is 5.75 Å². The third-order valence-electron chi connectivity index (χ3n) is 8.52. The van der Waals surface area contributed by atoms with Gasteiger partial charge in [0.05, 0.1) is 11.9 Å². The van der Waals surface area contributed by atoms with E-state index in [1.165, 1.54) is 22.4 Å². The van der Waals surface area contributed by atoms with Gasteiger partial charge in [-0.3, -0.25) is 4.68 Å². The molecule has 0 bridgehead atoms. The zero-order valence-electron chi connectivity index (χ0n) is 24.3. The second kappa shape index (κ2) is 10.6. The molecule has 0 atom stereocenters. The van der Waals surface area contributed by atoms with Crippen LogP contribution in [-0.4, -0.2) is 20.5 Å². The summed E-state index contributed by atoms with van der Waals surface area (Å²) in [6.07, 6.45) is 3.78. The van der Waals surface area contributed by atoms with Gasteiger partial charge in [0.1, 0.15) is 0 Å². The summed E-state index contributed by atoms with van der Waals surface area (Å²) < 4.78 is 7.99. The molecule has 41 heavy (non-hydrogen) atoms. The Morgan fingerprint density at radius 3 is 2.22 bits per heavy atom. The zero-order valence-corrected chi connectivity index (χ0v) is 26.7. The van der Waals surface area contributed by atoms with Crippen molar-refractivity contribution in [3.05, 3.63) is 121 Å². The van der Waals surface area contributed by atoms with Crippen molar-refractivity contribution in [2.24, 2.45) is 0 Å². The summed E-state index contributed by atoms with van der Waals surface area (Å²) in [6.45, 7) is 13.3. The Morgan fingerprint density at radius 1 is 0.756 bits per heavy atom. The maximum absolute atomic E-state index is 5.90. The Hall–Kier alpha value is -3.73. The molecule has 2 aliphatic heterocycles. The van der Waals surface area contributed by atoms with Crippen molar-refractivity contribution in [3.8, 4) is 22.6 Å². The van der Waals surface area contributed by atoms with Crippen molar-refractivity contribution in [1.29, 1.82) is 0 Å². The maximum Gasteiger partial charge on any atom is 0.181 e. The van der Waals surface area contributed by atoms with Crippen LogP contribution in [0.25, 0.3) is 16.8 Å². The molecule has 0 unspecified atom stereocenters. The van der Waals surface area contributed by atoms with E-state index in [0.717, 1.165) is 22.9 Å². The second-order valence-corrected chi connectivity index (χ2v) is 11.8. The van der Waals surface area contributed by atoms with Crippen LogP contribution < -0.4 is 9.64 Å². The molecule has 6 heteroatoms. The molecule has 3 aromatic carbocycles. The first-order chi connectivity index (χ1) is 19.1. The minimum absolute atomic E-state index is 0. The standard InChI is InChI=1S/C21H21N2.C14H13N2O.Ir/c1-20(2)17-12-8-9-13-18(17)23-19(21(20,3)4)16(14-22-23)15-10-6-5-7-11-15;1-14(2)16(11-7-4-3-5-8-11)13-12(17-14)9-6-10-15-13;/h5-12,14H,1-4H3;3-7,9-10H,1-2H3;/q2*-1;. The van der Waals surface area contributed by atoms with Crippen LogP contribution in [0.4, 0.5) is 11.5 Å². The molecule has 4 heterocycles. The van der Waals surface area contributed by atoms with E-state index in [0.29, 0.717) is 0 Å². The number of ether oxygens (including phenoxy) is 1. The van der Waals surface area contributed by atoms with Gasteiger partial charge in [0, 0.05) is 37.3 Å². The first-order valence-corrected chi connectivity index (χ1v) is 13.7. The van der Waals surface area contributed by atoms with Crippen LogP contribution in [0.15, 0.2) is 97.3 Å². The summed E-state index contributed by atoms with van der Waals surface area (Å²) in [5, 5.41) is 4.72. The van der Waals surface area contributed by atoms with Crippen molar-refractivity contribution in [2.75, 3.05) is 4.90 Å². The van der Waals surface area contributed by atoms with Crippen molar-refractivity contribution in [2.45, 2.75) is 58.1 Å². The third-order valence-corrected chi connectivity index (χ3v) is 8.52. The Kier molecular flexibility index (Phi) is 7.44. The van der Waals surface area contributed by atoms with Gasteiger partial charge in [-0.25, -0.2) is 4.98 Å². The SMILES string of the molecule is CC1(C)Oc2cccnc2N1c1[c-]cccc1.CC1(C)c2ccc[c-]c2-n2ncc(-c3ccccc3)c2C1(C)C.[Ir]. The Balaban J connectivity index is 0.000000168. The van der Waals surface area contributed by atoms with Crippen LogP contribution in [0.1, 0.15) is 52.8 Å². The molecule has 2 aromatic heterocycles. The Bertz CT molecular complexity index is 1640. The van der Waals surface area contributed by atoms with E-state index in [9.17, 15) is 0 Å². The van der Waals surface area contributed by atoms with Crippen molar-refractivity contribution < 1.29 is 24.8 Å². The summed E-state index contributed by atoms with van der Waals surface area (Å²) in [5.74, 6) is 1.66. The molecule has 0 spiro atoms. The topological polar surface area (TPSA) is 43.2 Å². The Labute approximate surface area is 256 Å². The number of para-hydroxylation sites is 2. The van der Waals surface area contributed by atoms with Gasteiger partial charge in [0.15, 0.2) is 17.3 Å². The monoisotopic (exact) mass is 719 g/mol. The largest absolute Gasteiger partial charge is 0.464 e. The van der Waals surface area contributed by atoms with E-state index in [1.54, 1.807) is 6.20 Å². The second-order valence-electron chi connectivity index (χ2n) is 11.8. The number of anilines is 2. The van der Waals surface area contributed by atoms with E-state index < -0.39 is 5.72 Å². The van der Waals surface area contributed by atoms with E-state index in [2.05, 4.69) is 96.9 Å². The predicted molar refractivity (Wildman–Crippen MR) is 160 cm³/mol. The van der Waals surface area contributed by atoms with Gasteiger partial charge in [0.25, 0.3) is 0 Å². The maximum atomic E-state index is 5.90. The van der Waals surface area contributed by atoms with Gasteiger partial charge in [-0.15, -0.1) is 11.6 Å². The molecule has 5 aromatic rings. The smallest absolute Gasteiger partial charge is 0.181 e. The average Bonchev–Trinajstić information content (AvgIpc) is 3.52. The molecule has 2 aliphatic rings. The van der Waals surface area contributed by atoms with E-state index in [4.69, 9.17) is 9.84 Å². The first-order valence-electron chi connectivity index (χ1n) is 13.7. The van der Waals surface area contributed by atoms with Gasteiger partial charge >= 0.3 is 0 Å². The number of hydrogen-bond acceptors (Lipinski definition) is 4. The van der Waals surface area contributed by atoms with Gasteiger partial charge in [-0.05, 0) is 42.6 Å². The Morgan fingerprint density at radius 2 is 1.49 bits per heavy atom. The van der Waals surface area contributed by atoms with E-state index in [-0.39, 0.29) is 30.9 Å². The summed E-state index contributed by atoms with van der Waals surface area (Å²) in [4.78, 5) is 6.45. The van der Waals surface area contributed by atoms with E-state index in [1.807, 2.05) is 62.5 Å². The number of pyridine rings is 1. The number of fused-ring (bicyclic) bond motifs is 4. The number of benzene rings is 3. The van der Waals surface area contributed by atoms with Crippen molar-refractivity contribution in [3.63, 3.8) is 0 Å². The molecule has 0 saturated heterocycles. The quantitative estimate of drug-likeness (QED) is 0.173. The number of nitrogens with zero attached hydrogens (tertiary/aromatic N) is 4. The molecule has 7 rings (SSSR count). The average molecular weight is 719 g/mol. The van der Waals surface area contributed by atoms with Gasteiger partial charge < -0.3 is 9.64 Å². The first kappa shape index (κ1) is 28.8.